The number of carbonyl (C=O) groups is 1. The van der Waals surface area contributed by atoms with E-state index in [2.05, 4.69) is 0 Å². The number of hydrogen-bond acceptors (Lipinski definition) is 3. The van der Waals surface area contributed by atoms with E-state index in [-0.39, 0.29) is 4.90 Å². The van der Waals surface area contributed by atoms with E-state index in [4.69, 9.17) is 5.11 Å². The molecule has 126 valence electrons. The first-order chi connectivity index (χ1) is 12.0. The summed E-state index contributed by atoms with van der Waals surface area (Å²) in [5.74, 6) is -1.09. The lowest BCUT2D eigenvalue weighted by atomic mass is 10.1. The summed E-state index contributed by atoms with van der Waals surface area (Å²) in [4.78, 5) is 10.7. The zero-order valence-electron chi connectivity index (χ0n) is 13.1. The number of aromatic nitrogens is 1. The van der Waals surface area contributed by atoms with Gasteiger partial charge in [0.1, 0.15) is 0 Å². The molecule has 0 atom stereocenters. The maximum Gasteiger partial charge on any atom is 0.328 e. The Kier molecular flexibility index (Phi) is 4.54. The van der Waals surface area contributed by atoms with Gasteiger partial charge in [0.2, 0.25) is 0 Å². The molecule has 6 heteroatoms. The lowest BCUT2D eigenvalue weighted by molar-refractivity contribution is -0.131. The van der Waals surface area contributed by atoms with E-state index in [0.717, 1.165) is 21.2 Å². The molecule has 1 aromatic heterocycles. The van der Waals surface area contributed by atoms with Crippen LogP contribution in [0.3, 0.4) is 0 Å². The molecular weight excluding hydrogens is 338 g/mol. The summed E-state index contributed by atoms with van der Waals surface area (Å²) >= 11 is 0. The van der Waals surface area contributed by atoms with Crippen molar-refractivity contribution in [2.45, 2.75) is 4.90 Å². The Labute approximate surface area is 145 Å². The molecule has 0 aliphatic heterocycles. The van der Waals surface area contributed by atoms with Gasteiger partial charge in [0.25, 0.3) is 10.0 Å². The minimum atomic E-state index is -3.72. The van der Waals surface area contributed by atoms with Gasteiger partial charge in [-0.1, -0.05) is 42.5 Å². The van der Waals surface area contributed by atoms with Crippen LogP contribution >= 0.6 is 0 Å². The Morgan fingerprint density at radius 3 is 2.20 bits per heavy atom. The summed E-state index contributed by atoms with van der Waals surface area (Å²) in [5.41, 5.74) is 2.43. The summed E-state index contributed by atoms with van der Waals surface area (Å²) in [5, 5.41) is 8.63. The number of hydrogen-bond donors (Lipinski definition) is 1. The second-order valence-electron chi connectivity index (χ2n) is 5.34. The second kappa shape index (κ2) is 6.78. The van der Waals surface area contributed by atoms with Gasteiger partial charge in [-0.15, -0.1) is 0 Å². The molecule has 2 aromatic carbocycles. The minimum absolute atomic E-state index is 0.163. The highest BCUT2D eigenvalue weighted by Gasteiger charge is 2.16. The van der Waals surface area contributed by atoms with Gasteiger partial charge in [0.05, 0.1) is 4.90 Å². The van der Waals surface area contributed by atoms with E-state index in [9.17, 15) is 13.2 Å². The maximum absolute atomic E-state index is 12.7. The van der Waals surface area contributed by atoms with Gasteiger partial charge >= 0.3 is 5.97 Å². The Hall–Kier alpha value is -3.12. The van der Waals surface area contributed by atoms with E-state index in [1.54, 1.807) is 24.3 Å². The van der Waals surface area contributed by atoms with E-state index in [1.165, 1.54) is 24.5 Å². The van der Waals surface area contributed by atoms with Gasteiger partial charge in [0, 0.05) is 18.5 Å². The molecule has 0 saturated heterocycles. The number of nitrogens with zero attached hydrogens (tertiary/aromatic N) is 1. The molecule has 0 amide bonds. The van der Waals surface area contributed by atoms with Crippen molar-refractivity contribution >= 4 is 22.1 Å². The van der Waals surface area contributed by atoms with Crippen molar-refractivity contribution < 1.29 is 18.3 Å². The predicted octanol–water partition coefficient (Wildman–Crippen LogP) is 3.49. The van der Waals surface area contributed by atoms with Crippen LogP contribution in [0.2, 0.25) is 0 Å². The highest BCUT2D eigenvalue weighted by molar-refractivity contribution is 7.90. The summed E-state index contributed by atoms with van der Waals surface area (Å²) in [6, 6.07) is 17.9. The van der Waals surface area contributed by atoms with Crippen molar-refractivity contribution in [2.75, 3.05) is 0 Å². The molecule has 1 N–H and O–H groups in total. The van der Waals surface area contributed by atoms with Crippen LogP contribution in [-0.4, -0.2) is 23.5 Å². The van der Waals surface area contributed by atoms with Crippen molar-refractivity contribution in [3.63, 3.8) is 0 Å². The van der Waals surface area contributed by atoms with Gasteiger partial charge < -0.3 is 5.11 Å². The molecule has 0 spiro atoms. The molecule has 0 unspecified atom stereocenters. The topological polar surface area (TPSA) is 76.4 Å². The lowest BCUT2D eigenvalue weighted by Crippen LogP contribution is -2.10. The van der Waals surface area contributed by atoms with Crippen LogP contribution in [0.5, 0.6) is 0 Å². The zero-order valence-corrected chi connectivity index (χ0v) is 13.9. The van der Waals surface area contributed by atoms with E-state index >= 15 is 0 Å². The molecule has 3 aromatic rings. The van der Waals surface area contributed by atoms with Crippen molar-refractivity contribution in [1.82, 2.24) is 3.97 Å². The lowest BCUT2D eigenvalue weighted by Gasteiger charge is -2.07. The van der Waals surface area contributed by atoms with Crippen LogP contribution in [0, 0.1) is 0 Å². The van der Waals surface area contributed by atoms with Gasteiger partial charge in [-0.3, -0.25) is 0 Å². The van der Waals surface area contributed by atoms with Crippen LogP contribution in [0.15, 0.2) is 84.0 Å². The Morgan fingerprint density at radius 1 is 0.920 bits per heavy atom. The molecule has 0 saturated carbocycles. The second-order valence-corrected chi connectivity index (χ2v) is 7.18. The third-order valence-electron chi connectivity index (χ3n) is 3.65. The van der Waals surface area contributed by atoms with Crippen molar-refractivity contribution in [2.24, 2.45) is 0 Å². The fraction of sp³-hybridized carbons (Fsp3) is 0. The van der Waals surface area contributed by atoms with Crippen LogP contribution in [0.1, 0.15) is 5.56 Å². The minimum Gasteiger partial charge on any atom is -0.478 e. The Morgan fingerprint density at radius 2 is 1.56 bits per heavy atom. The highest BCUT2D eigenvalue weighted by Crippen LogP contribution is 2.22. The van der Waals surface area contributed by atoms with E-state index < -0.39 is 16.0 Å². The summed E-state index contributed by atoms with van der Waals surface area (Å²) < 4.78 is 26.4. The summed E-state index contributed by atoms with van der Waals surface area (Å²) in [6.45, 7) is 0. The average molecular weight is 353 g/mol. The zero-order chi connectivity index (χ0) is 17.9. The van der Waals surface area contributed by atoms with Gasteiger partial charge in [0.15, 0.2) is 0 Å². The fourth-order valence-corrected chi connectivity index (χ4v) is 3.58. The van der Waals surface area contributed by atoms with E-state index in [1.807, 2.05) is 30.3 Å². The SMILES string of the molecule is O=C(O)C=Cc1ccn(S(=O)(=O)c2ccc(-c3ccccc3)cc2)c1. The molecular formula is C19H15NO4S. The number of rotatable bonds is 5. The third kappa shape index (κ3) is 3.70. The van der Waals surface area contributed by atoms with Crippen molar-refractivity contribution in [1.29, 1.82) is 0 Å². The van der Waals surface area contributed by atoms with E-state index in [0.29, 0.717) is 5.56 Å². The molecule has 0 fully saturated rings. The summed E-state index contributed by atoms with van der Waals surface area (Å²) in [6.07, 6.45) is 5.07. The molecule has 3 rings (SSSR count). The predicted molar refractivity (Wildman–Crippen MR) is 95.6 cm³/mol. The van der Waals surface area contributed by atoms with Gasteiger partial charge in [-0.25, -0.2) is 17.2 Å². The van der Waals surface area contributed by atoms with Crippen molar-refractivity contribution in [3.8, 4) is 11.1 Å². The van der Waals surface area contributed by atoms with Gasteiger partial charge in [-0.2, -0.15) is 0 Å². The standard InChI is InChI=1S/C19H15NO4S/c21-19(22)11-6-15-12-13-20(14-15)25(23,24)18-9-7-17(8-10-18)16-4-2-1-3-5-16/h1-14H,(H,21,22). The van der Waals surface area contributed by atoms with Crippen LogP contribution < -0.4 is 0 Å². The van der Waals surface area contributed by atoms with Crippen LogP contribution in [-0.2, 0) is 14.8 Å². The monoisotopic (exact) mass is 353 g/mol. The highest BCUT2D eigenvalue weighted by atomic mass is 32.2. The van der Waals surface area contributed by atoms with Crippen LogP contribution in [0.4, 0.5) is 0 Å². The van der Waals surface area contributed by atoms with Crippen LogP contribution in [0.25, 0.3) is 17.2 Å². The average Bonchev–Trinajstić information content (AvgIpc) is 3.11. The maximum atomic E-state index is 12.7. The first-order valence-electron chi connectivity index (χ1n) is 7.47. The summed E-state index contributed by atoms with van der Waals surface area (Å²) in [7, 11) is -3.72. The number of carboxylic acids is 1. The van der Waals surface area contributed by atoms with Crippen molar-refractivity contribution in [3.05, 3.63) is 84.7 Å². The molecule has 0 radical (unpaired) electrons. The number of carboxylic acid groups (broad SMARTS) is 1. The van der Waals surface area contributed by atoms with Gasteiger partial charge in [-0.05, 0) is 41.0 Å². The molecule has 0 bridgehead atoms. The number of benzene rings is 2. The molecule has 1 heterocycles. The fourth-order valence-electron chi connectivity index (χ4n) is 2.38. The quantitative estimate of drug-likeness (QED) is 0.713. The first kappa shape index (κ1) is 16.7. The molecule has 5 nitrogen and oxygen atoms in total. The Bertz CT molecular complexity index is 1020. The normalized spacial score (nSPS) is 11.7. The molecule has 0 aliphatic rings. The molecule has 25 heavy (non-hydrogen) atoms. The molecule has 0 aliphatic carbocycles. The smallest absolute Gasteiger partial charge is 0.328 e. The first-order valence-corrected chi connectivity index (χ1v) is 8.91. The number of aliphatic carboxylic acids is 1. The Balaban J connectivity index is 1.89. The third-order valence-corrected chi connectivity index (χ3v) is 5.30. The largest absolute Gasteiger partial charge is 0.478 e.